The molecule has 1 unspecified atom stereocenters. The highest BCUT2D eigenvalue weighted by Gasteiger charge is 2.23. The van der Waals surface area contributed by atoms with Crippen molar-refractivity contribution in [3.63, 3.8) is 0 Å². The number of amides is 1. The SMILES string of the molecule is C#CCOC(=O)NC(CC(C)C)C(=O)OCCCCCC. The number of carbonyl (C=O) groups is 2. The molecule has 0 aromatic carbocycles. The summed E-state index contributed by atoms with van der Waals surface area (Å²) < 4.78 is 9.92. The van der Waals surface area contributed by atoms with Gasteiger partial charge < -0.3 is 14.8 Å². The summed E-state index contributed by atoms with van der Waals surface area (Å²) in [7, 11) is 0. The second-order valence-electron chi connectivity index (χ2n) is 5.33. The van der Waals surface area contributed by atoms with Gasteiger partial charge in [-0.05, 0) is 18.8 Å². The van der Waals surface area contributed by atoms with Crippen LogP contribution in [0.2, 0.25) is 0 Å². The average Bonchev–Trinajstić information content (AvgIpc) is 2.43. The van der Waals surface area contributed by atoms with Crippen molar-refractivity contribution in [3.05, 3.63) is 0 Å². The quantitative estimate of drug-likeness (QED) is 0.382. The maximum atomic E-state index is 12.0. The smallest absolute Gasteiger partial charge is 0.408 e. The standard InChI is InChI=1S/C16H27NO4/c1-5-7-8-9-11-20-15(18)14(12-13(3)4)17-16(19)21-10-6-2/h2,13-14H,5,7-12H2,1,3-4H3,(H,17,19). The number of hydrogen-bond donors (Lipinski definition) is 1. The Labute approximate surface area is 127 Å². The minimum Gasteiger partial charge on any atom is -0.464 e. The number of esters is 1. The molecule has 0 aromatic heterocycles. The Morgan fingerprint density at radius 1 is 1.19 bits per heavy atom. The Hall–Kier alpha value is -1.70. The van der Waals surface area contributed by atoms with Gasteiger partial charge in [0.1, 0.15) is 6.04 Å². The van der Waals surface area contributed by atoms with Gasteiger partial charge in [-0.25, -0.2) is 9.59 Å². The number of carbonyl (C=O) groups excluding carboxylic acids is 2. The fourth-order valence-electron chi connectivity index (χ4n) is 1.78. The van der Waals surface area contributed by atoms with E-state index in [1.165, 1.54) is 0 Å². The van der Waals surface area contributed by atoms with Crippen LogP contribution in [-0.4, -0.2) is 31.3 Å². The molecule has 1 atom stereocenters. The van der Waals surface area contributed by atoms with Crippen LogP contribution in [-0.2, 0) is 14.3 Å². The van der Waals surface area contributed by atoms with Crippen molar-refractivity contribution >= 4 is 12.1 Å². The summed E-state index contributed by atoms with van der Waals surface area (Å²) in [5, 5.41) is 2.50. The van der Waals surface area contributed by atoms with Crippen LogP contribution in [0.25, 0.3) is 0 Å². The Kier molecular flexibility index (Phi) is 11.1. The lowest BCUT2D eigenvalue weighted by Gasteiger charge is -2.18. The molecule has 21 heavy (non-hydrogen) atoms. The lowest BCUT2D eigenvalue weighted by atomic mass is 10.0. The van der Waals surface area contributed by atoms with E-state index in [0.717, 1.165) is 25.7 Å². The van der Waals surface area contributed by atoms with Crippen molar-refractivity contribution in [2.24, 2.45) is 5.92 Å². The van der Waals surface area contributed by atoms with E-state index < -0.39 is 18.1 Å². The van der Waals surface area contributed by atoms with E-state index in [1.54, 1.807) is 0 Å². The van der Waals surface area contributed by atoms with Crippen LogP contribution in [0, 0.1) is 18.3 Å². The first-order valence-corrected chi connectivity index (χ1v) is 7.54. The van der Waals surface area contributed by atoms with Crippen LogP contribution in [0.15, 0.2) is 0 Å². The average molecular weight is 297 g/mol. The number of nitrogens with one attached hydrogen (secondary N) is 1. The number of ether oxygens (including phenoxy) is 2. The van der Waals surface area contributed by atoms with Gasteiger partial charge in [0.15, 0.2) is 6.61 Å². The predicted molar refractivity (Wildman–Crippen MR) is 81.7 cm³/mol. The second-order valence-corrected chi connectivity index (χ2v) is 5.33. The molecule has 0 aliphatic heterocycles. The van der Waals surface area contributed by atoms with Gasteiger partial charge in [0.2, 0.25) is 0 Å². The van der Waals surface area contributed by atoms with E-state index in [0.29, 0.717) is 13.0 Å². The topological polar surface area (TPSA) is 64.6 Å². The molecule has 0 heterocycles. The molecule has 0 radical (unpaired) electrons. The molecule has 0 saturated heterocycles. The molecule has 1 amide bonds. The number of alkyl carbamates (subject to hydrolysis) is 1. The molecule has 1 N–H and O–H groups in total. The largest absolute Gasteiger partial charge is 0.464 e. The molecule has 0 fully saturated rings. The summed E-state index contributed by atoms with van der Waals surface area (Å²) in [6.07, 6.45) is 8.95. The third kappa shape index (κ3) is 10.7. The first-order chi connectivity index (χ1) is 10.0. The summed E-state index contributed by atoms with van der Waals surface area (Å²) in [5.41, 5.74) is 0. The fraction of sp³-hybridized carbons (Fsp3) is 0.750. The van der Waals surface area contributed by atoms with E-state index in [9.17, 15) is 9.59 Å². The van der Waals surface area contributed by atoms with Crippen LogP contribution < -0.4 is 5.32 Å². The van der Waals surface area contributed by atoms with E-state index in [1.807, 2.05) is 13.8 Å². The maximum absolute atomic E-state index is 12.0. The molecule has 5 nitrogen and oxygen atoms in total. The van der Waals surface area contributed by atoms with Gasteiger partial charge >= 0.3 is 12.1 Å². The monoisotopic (exact) mass is 297 g/mol. The Bertz CT molecular complexity index is 347. The van der Waals surface area contributed by atoms with Crippen LogP contribution in [0.4, 0.5) is 4.79 Å². The second kappa shape index (κ2) is 12.1. The summed E-state index contributed by atoms with van der Waals surface area (Å²) in [6, 6.07) is -0.693. The summed E-state index contributed by atoms with van der Waals surface area (Å²) in [6.45, 7) is 6.32. The Morgan fingerprint density at radius 3 is 2.48 bits per heavy atom. The van der Waals surface area contributed by atoms with E-state index in [2.05, 4.69) is 18.2 Å². The zero-order valence-corrected chi connectivity index (χ0v) is 13.3. The number of unbranched alkanes of at least 4 members (excludes halogenated alkanes) is 3. The molecule has 0 aromatic rings. The zero-order valence-electron chi connectivity index (χ0n) is 13.3. The highest BCUT2D eigenvalue weighted by atomic mass is 16.6. The van der Waals surface area contributed by atoms with Crippen molar-refractivity contribution < 1.29 is 19.1 Å². The van der Waals surface area contributed by atoms with Crippen LogP contribution >= 0.6 is 0 Å². The molecule has 0 bridgehead atoms. The van der Waals surface area contributed by atoms with Gasteiger partial charge in [-0.3, -0.25) is 0 Å². The molecule has 0 aliphatic rings. The Morgan fingerprint density at radius 2 is 1.90 bits per heavy atom. The van der Waals surface area contributed by atoms with Crippen molar-refractivity contribution in [2.45, 2.75) is 58.9 Å². The van der Waals surface area contributed by atoms with Crippen LogP contribution in [0.1, 0.15) is 52.9 Å². The van der Waals surface area contributed by atoms with E-state index >= 15 is 0 Å². The predicted octanol–water partition coefficient (Wildman–Crippen LogP) is 2.88. The third-order valence-electron chi connectivity index (χ3n) is 2.81. The minimum absolute atomic E-state index is 0.119. The molecule has 0 aliphatic carbocycles. The summed E-state index contributed by atoms with van der Waals surface area (Å²) in [4.78, 5) is 23.5. The van der Waals surface area contributed by atoms with E-state index in [-0.39, 0.29) is 12.5 Å². The van der Waals surface area contributed by atoms with Gasteiger partial charge in [0.25, 0.3) is 0 Å². The van der Waals surface area contributed by atoms with Crippen molar-refractivity contribution in [1.29, 1.82) is 0 Å². The molecular formula is C16H27NO4. The van der Waals surface area contributed by atoms with Crippen LogP contribution in [0.5, 0.6) is 0 Å². The first-order valence-electron chi connectivity index (χ1n) is 7.54. The fourth-order valence-corrected chi connectivity index (χ4v) is 1.78. The lowest BCUT2D eigenvalue weighted by Crippen LogP contribution is -2.43. The van der Waals surface area contributed by atoms with Gasteiger partial charge in [-0.1, -0.05) is 46.0 Å². The van der Waals surface area contributed by atoms with Gasteiger partial charge in [-0.15, -0.1) is 6.42 Å². The third-order valence-corrected chi connectivity index (χ3v) is 2.81. The molecular weight excluding hydrogens is 270 g/mol. The maximum Gasteiger partial charge on any atom is 0.408 e. The normalized spacial score (nSPS) is 11.6. The molecule has 5 heteroatoms. The highest BCUT2D eigenvalue weighted by molar-refractivity contribution is 5.81. The van der Waals surface area contributed by atoms with Crippen molar-refractivity contribution in [3.8, 4) is 12.3 Å². The Balaban J connectivity index is 4.22. The number of terminal acetylenes is 1. The highest BCUT2D eigenvalue weighted by Crippen LogP contribution is 2.08. The first kappa shape index (κ1) is 19.3. The van der Waals surface area contributed by atoms with Crippen molar-refractivity contribution in [1.82, 2.24) is 5.32 Å². The number of hydrogen-bond acceptors (Lipinski definition) is 4. The molecule has 0 spiro atoms. The number of rotatable bonds is 10. The van der Waals surface area contributed by atoms with Gasteiger partial charge in [0.05, 0.1) is 6.61 Å². The van der Waals surface area contributed by atoms with Gasteiger partial charge in [0, 0.05) is 0 Å². The van der Waals surface area contributed by atoms with Crippen molar-refractivity contribution in [2.75, 3.05) is 13.2 Å². The summed E-state index contributed by atoms with van der Waals surface area (Å²) >= 11 is 0. The molecule has 0 saturated carbocycles. The lowest BCUT2D eigenvalue weighted by molar-refractivity contribution is -0.146. The van der Waals surface area contributed by atoms with Gasteiger partial charge in [-0.2, -0.15) is 0 Å². The molecule has 0 rings (SSSR count). The summed E-state index contributed by atoms with van der Waals surface area (Å²) in [5.74, 6) is 2.02. The zero-order chi connectivity index (χ0) is 16.1. The van der Waals surface area contributed by atoms with Crippen LogP contribution in [0.3, 0.4) is 0 Å². The minimum atomic E-state index is -0.693. The molecule has 120 valence electrons. The van der Waals surface area contributed by atoms with E-state index in [4.69, 9.17) is 15.9 Å².